The molecule has 2 aromatic carbocycles. The summed E-state index contributed by atoms with van der Waals surface area (Å²) >= 11 is 0. The molecule has 1 aliphatic rings. The molecule has 0 unspecified atom stereocenters. The first-order valence-electron chi connectivity index (χ1n) is 8.72. The van der Waals surface area contributed by atoms with Crippen LogP contribution in [0.2, 0.25) is 0 Å². The van der Waals surface area contributed by atoms with E-state index in [9.17, 15) is 9.59 Å². The maximum Gasteiger partial charge on any atom is 0.329 e. The highest BCUT2D eigenvalue weighted by Gasteiger charge is 2.33. The van der Waals surface area contributed by atoms with E-state index in [1.165, 1.54) is 4.90 Å². The van der Waals surface area contributed by atoms with Gasteiger partial charge in [0.05, 0.1) is 12.6 Å². The van der Waals surface area contributed by atoms with Crippen LogP contribution in [0.25, 0.3) is 6.08 Å². The van der Waals surface area contributed by atoms with Crippen LogP contribution in [0.3, 0.4) is 0 Å². The minimum Gasteiger partial charge on any atom is -0.490 e. The molecule has 1 N–H and O–H groups in total. The molecule has 1 heterocycles. The van der Waals surface area contributed by atoms with E-state index < -0.39 is 6.03 Å². The van der Waals surface area contributed by atoms with Crippen LogP contribution >= 0.6 is 0 Å². The lowest BCUT2D eigenvalue weighted by atomic mass is 10.1. The van der Waals surface area contributed by atoms with Crippen molar-refractivity contribution in [1.29, 1.82) is 0 Å². The zero-order valence-corrected chi connectivity index (χ0v) is 14.9. The highest BCUT2D eigenvalue weighted by atomic mass is 16.5. The van der Waals surface area contributed by atoms with Crippen LogP contribution < -0.4 is 10.1 Å². The Morgan fingerprint density at radius 1 is 1.08 bits per heavy atom. The van der Waals surface area contributed by atoms with E-state index in [0.29, 0.717) is 5.75 Å². The number of imide groups is 1. The molecule has 5 nitrogen and oxygen atoms in total. The zero-order valence-electron chi connectivity index (χ0n) is 14.9. The number of amides is 3. The summed E-state index contributed by atoms with van der Waals surface area (Å²) in [5.74, 6) is 0.357. The van der Waals surface area contributed by atoms with Crippen molar-refractivity contribution < 1.29 is 14.3 Å². The van der Waals surface area contributed by atoms with Crippen LogP contribution in [0.15, 0.2) is 60.3 Å². The Morgan fingerprint density at radius 2 is 1.77 bits per heavy atom. The lowest BCUT2D eigenvalue weighted by Crippen LogP contribution is -2.30. The second kappa shape index (κ2) is 7.87. The number of nitrogens with zero attached hydrogens (tertiary/aromatic N) is 1. The van der Waals surface area contributed by atoms with Gasteiger partial charge < -0.3 is 10.1 Å². The summed E-state index contributed by atoms with van der Waals surface area (Å²) in [6.07, 6.45) is 2.62. The first-order chi connectivity index (χ1) is 12.6. The Kier molecular flexibility index (Phi) is 5.37. The molecule has 0 saturated carbocycles. The number of nitrogens with one attached hydrogen (secondary N) is 1. The highest BCUT2D eigenvalue weighted by Crippen LogP contribution is 2.24. The molecule has 2 aromatic rings. The number of ether oxygens (including phenoxy) is 1. The van der Waals surface area contributed by atoms with Gasteiger partial charge in [-0.2, -0.15) is 0 Å². The van der Waals surface area contributed by atoms with Gasteiger partial charge >= 0.3 is 6.03 Å². The minimum absolute atomic E-state index is 0.0676. The Morgan fingerprint density at radius 3 is 2.50 bits per heavy atom. The second-order valence-corrected chi connectivity index (χ2v) is 6.24. The van der Waals surface area contributed by atoms with Gasteiger partial charge in [0.1, 0.15) is 11.4 Å². The molecule has 26 heavy (non-hydrogen) atoms. The molecular weight excluding hydrogens is 328 g/mol. The smallest absolute Gasteiger partial charge is 0.329 e. The van der Waals surface area contributed by atoms with Crippen LogP contribution in [-0.4, -0.2) is 22.9 Å². The lowest BCUT2D eigenvalue weighted by molar-refractivity contribution is -0.123. The summed E-state index contributed by atoms with van der Waals surface area (Å²) in [7, 11) is 0. The first-order valence-corrected chi connectivity index (χ1v) is 8.72. The molecule has 5 heteroatoms. The average molecular weight is 350 g/mol. The first kappa shape index (κ1) is 17.7. The maximum absolute atomic E-state index is 12.6. The van der Waals surface area contributed by atoms with Crippen molar-refractivity contribution in [2.24, 2.45) is 0 Å². The fourth-order valence-electron chi connectivity index (χ4n) is 2.64. The fourth-order valence-corrected chi connectivity index (χ4v) is 2.64. The van der Waals surface area contributed by atoms with Crippen molar-refractivity contribution in [2.45, 2.75) is 32.9 Å². The summed E-state index contributed by atoms with van der Waals surface area (Å²) in [4.78, 5) is 26.1. The van der Waals surface area contributed by atoms with Gasteiger partial charge in [0.2, 0.25) is 0 Å². The molecule has 1 fully saturated rings. The van der Waals surface area contributed by atoms with Crippen LogP contribution in [-0.2, 0) is 11.3 Å². The summed E-state index contributed by atoms with van der Waals surface area (Å²) in [5.41, 5.74) is 1.92. The zero-order chi connectivity index (χ0) is 18.5. The summed E-state index contributed by atoms with van der Waals surface area (Å²) < 4.78 is 5.91. The van der Waals surface area contributed by atoms with Gasteiger partial charge in [-0.25, -0.2) is 4.79 Å². The van der Waals surface area contributed by atoms with Gasteiger partial charge in [-0.1, -0.05) is 55.5 Å². The van der Waals surface area contributed by atoms with Crippen molar-refractivity contribution in [3.8, 4) is 5.75 Å². The van der Waals surface area contributed by atoms with Crippen molar-refractivity contribution >= 4 is 18.0 Å². The molecular formula is C21H22N2O3. The van der Waals surface area contributed by atoms with Gasteiger partial charge in [-0.15, -0.1) is 0 Å². The van der Waals surface area contributed by atoms with Gasteiger partial charge in [-0.3, -0.25) is 9.69 Å². The Balaban J connectivity index is 1.82. The minimum atomic E-state index is -0.412. The van der Waals surface area contributed by atoms with Gasteiger partial charge in [0, 0.05) is 5.56 Å². The molecule has 0 aliphatic carbocycles. The van der Waals surface area contributed by atoms with Crippen LogP contribution in [0.1, 0.15) is 31.4 Å². The normalized spacial score (nSPS) is 16.7. The maximum atomic E-state index is 12.6. The summed E-state index contributed by atoms with van der Waals surface area (Å²) in [6.45, 7) is 4.29. The quantitative estimate of drug-likeness (QED) is 0.634. The molecule has 134 valence electrons. The largest absolute Gasteiger partial charge is 0.490 e. The number of urea groups is 1. The number of hydrogen-bond acceptors (Lipinski definition) is 3. The van der Waals surface area contributed by atoms with Crippen molar-refractivity contribution in [2.75, 3.05) is 0 Å². The predicted molar refractivity (Wildman–Crippen MR) is 100 cm³/mol. The van der Waals surface area contributed by atoms with E-state index in [1.807, 2.05) is 68.4 Å². The van der Waals surface area contributed by atoms with E-state index in [2.05, 4.69) is 5.32 Å². The number of para-hydroxylation sites is 1. The molecule has 0 bridgehead atoms. The second-order valence-electron chi connectivity index (χ2n) is 6.24. The molecule has 3 rings (SSSR count). The van der Waals surface area contributed by atoms with E-state index in [4.69, 9.17) is 4.74 Å². The molecule has 3 amide bonds. The molecule has 1 atom stereocenters. The van der Waals surface area contributed by atoms with Gasteiger partial charge in [-0.05, 0) is 31.1 Å². The number of hydrogen-bond donors (Lipinski definition) is 1. The Bertz CT molecular complexity index is 830. The predicted octanol–water partition coefficient (Wildman–Crippen LogP) is 3.96. The average Bonchev–Trinajstić information content (AvgIpc) is 2.91. The van der Waals surface area contributed by atoms with Crippen molar-refractivity contribution in [3.63, 3.8) is 0 Å². The monoisotopic (exact) mass is 350 g/mol. The van der Waals surface area contributed by atoms with Gasteiger partial charge in [0.15, 0.2) is 0 Å². The third kappa shape index (κ3) is 3.94. The number of rotatable bonds is 6. The van der Waals surface area contributed by atoms with Crippen LogP contribution in [0.5, 0.6) is 5.75 Å². The fraction of sp³-hybridized carbons (Fsp3) is 0.238. The number of carbonyl (C=O) groups is 2. The van der Waals surface area contributed by atoms with E-state index in [0.717, 1.165) is 17.5 Å². The third-order valence-corrected chi connectivity index (χ3v) is 4.27. The highest BCUT2D eigenvalue weighted by molar-refractivity contribution is 6.14. The molecule has 0 radical (unpaired) electrons. The molecule has 0 aromatic heterocycles. The molecule has 1 aliphatic heterocycles. The Labute approximate surface area is 153 Å². The van der Waals surface area contributed by atoms with Gasteiger partial charge in [0.25, 0.3) is 5.91 Å². The SMILES string of the molecule is CC[C@H](C)Oc1ccccc1/C=C1/NC(=O)N(Cc2ccccc2)C1=O. The van der Waals surface area contributed by atoms with Crippen molar-refractivity contribution in [1.82, 2.24) is 10.2 Å². The van der Waals surface area contributed by atoms with Crippen LogP contribution in [0.4, 0.5) is 4.79 Å². The summed E-state index contributed by atoms with van der Waals surface area (Å²) in [5, 5.41) is 2.66. The third-order valence-electron chi connectivity index (χ3n) is 4.27. The van der Waals surface area contributed by atoms with E-state index in [1.54, 1.807) is 6.08 Å². The van der Waals surface area contributed by atoms with E-state index >= 15 is 0 Å². The molecule has 1 saturated heterocycles. The molecule has 0 spiro atoms. The standard InChI is InChI=1S/C21H22N2O3/c1-3-15(2)26-19-12-8-7-11-17(19)13-18-20(24)23(21(25)22-18)14-16-9-5-4-6-10-16/h4-13,15H,3,14H2,1-2H3,(H,22,25)/b18-13+/t15-/m0/s1. The lowest BCUT2D eigenvalue weighted by Gasteiger charge is -2.14. The topological polar surface area (TPSA) is 58.6 Å². The van der Waals surface area contributed by atoms with Crippen LogP contribution in [0, 0.1) is 0 Å². The Hall–Kier alpha value is -3.08. The summed E-state index contributed by atoms with van der Waals surface area (Å²) in [6, 6.07) is 16.5. The van der Waals surface area contributed by atoms with Crippen molar-refractivity contribution in [3.05, 3.63) is 71.4 Å². The number of carbonyl (C=O) groups excluding carboxylic acids is 2. The van der Waals surface area contributed by atoms with E-state index in [-0.39, 0.29) is 24.3 Å². The number of benzene rings is 2.